The maximum atomic E-state index is 13.2. The molecular weight excluding hydrogens is 506 g/mol. The van der Waals surface area contributed by atoms with Crippen molar-refractivity contribution in [2.45, 2.75) is 11.1 Å². The third-order valence-electron chi connectivity index (χ3n) is 4.47. The zero-order chi connectivity index (χ0) is 24.0. The number of aromatic nitrogens is 4. The molecule has 3 aromatic heterocycles. The van der Waals surface area contributed by atoms with Crippen LogP contribution < -0.4 is 4.72 Å². The van der Waals surface area contributed by atoms with E-state index in [2.05, 4.69) is 24.9 Å². The Labute approximate surface area is 193 Å². The number of fused-ring (bicyclic) bond motifs is 1. The summed E-state index contributed by atoms with van der Waals surface area (Å²) < 4.78 is 67.3. The number of pyridine rings is 2. The van der Waals surface area contributed by atoms with Crippen LogP contribution in [0, 0.1) is 0 Å². The van der Waals surface area contributed by atoms with Crippen LogP contribution in [-0.4, -0.2) is 34.4 Å². The summed E-state index contributed by atoms with van der Waals surface area (Å²) >= 11 is 11.5. The normalized spacial score (nSPS) is 12.2. The topological polar surface area (TPSA) is 118 Å². The molecule has 0 unspecified atom stereocenters. The minimum absolute atomic E-state index is 0.0143. The number of carbonyl (C=O) groups excluding carboxylic acids is 1. The zero-order valence-corrected chi connectivity index (χ0v) is 18.3. The highest BCUT2D eigenvalue weighted by atomic mass is 35.5. The summed E-state index contributed by atoms with van der Waals surface area (Å²) in [6.45, 7) is 0. The van der Waals surface area contributed by atoms with E-state index in [1.807, 2.05) is 0 Å². The van der Waals surface area contributed by atoms with Crippen molar-refractivity contribution >= 4 is 55.7 Å². The molecule has 8 nitrogen and oxygen atoms in total. The van der Waals surface area contributed by atoms with Crippen LogP contribution in [0.2, 0.25) is 10.0 Å². The second-order valence-electron chi connectivity index (χ2n) is 6.61. The smallest absolute Gasteiger partial charge is 0.287 e. The molecule has 0 saturated carbocycles. The Kier molecular flexibility index (Phi) is 5.76. The van der Waals surface area contributed by atoms with Gasteiger partial charge in [0.05, 0.1) is 32.4 Å². The Morgan fingerprint density at radius 1 is 1.06 bits per heavy atom. The third kappa shape index (κ3) is 4.49. The highest BCUT2D eigenvalue weighted by Gasteiger charge is 2.35. The summed E-state index contributed by atoms with van der Waals surface area (Å²) in [4.78, 5) is 20.4. The number of ketones is 1. The molecule has 0 aliphatic rings. The van der Waals surface area contributed by atoms with Crippen LogP contribution in [0.5, 0.6) is 0 Å². The number of rotatable bonds is 5. The molecule has 0 spiro atoms. The predicted octanol–water partition coefficient (Wildman–Crippen LogP) is 4.71. The molecular formula is C19H10Cl2F3N5O3S. The second kappa shape index (κ2) is 8.28. The van der Waals surface area contributed by atoms with Crippen molar-refractivity contribution in [3.8, 4) is 0 Å². The fourth-order valence-corrected chi connectivity index (χ4v) is 4.43. The number of sulfonamides is 1. The van der Waals surface area contributed by atoms with Crippen LogP contribution in [0.25, 0.3) is 11.0 Å². The van der Waals surface area contributed by atoms with Crippen molar-refractivity contribution in [1.29, 1.82) is 0 Å². The molecule has 2 N–H and O–H groups in total. The summed E-state index contributed by atoms with van der Waals surface area (Å²) in [5.41, 5.74) is -1.55. The SMILES string of the molecule is O=C(c1ncc(Cl)cc1NS(=O)(=O)c1ccc(Cl)c(C(F)(F)F)c1)c1ccnc2[nH]ncc12. The number of hydrogen-bond donors (Lipinski definition) is 2. The first kappa shape index (κ1) is 23.0. The number of hydrogen-bond acceptors (Lipinski definition) is 6. The number of aromatic amines is 1. The molecule has 0 saturated heterocycles. The molecule has 0 amide bonds. The number of benzene rings is 1. The Hall–Kier alpha value is -3.22. The molecule has 4 aromatic rings. The fraction of sp³-hybridized carbons (Fsp3) is 0.0526. The monoisotopic (exact) mass is 515 g/mol. The van der Waals surface area contributed by atoms with Gasteiger partial charge in [0.1, 0.15) is 5.69 Å². The van der Waals surface area contributed by atoms with E-state index < -0.39 is 37.5 Å². The lowest BCUT2D eigenvalue weighted by atomic mass is 10.1. The van der Waals surface area contributed by atoms with Crippen molar-refractivity contribution in [2.75, 3.05) is 4.72 Å². The third-order valence-corrected chi connectivity index (χ3v) is 6.37. The number of alkyl halides is 3. The lowest BCUT2D eigenvalue weighted by Crippen LogP contribution is -2.18. The van der Waals surface area contributed by atoms with E-state index in [-0.39, 0.29) is 22.0 Å². The van der Waals surface area contributed by atoms with E-state index in [1.165, 1.54) is 18.5 Å². The number of halogens is 5. The van der Waals surface area contributed by atoms with Gasteiger partial charge in [-0.3, -0.25) is 14.6 Å². The first-order valence-electron chi connectivity index (χ1n) is 8.85. The minimum Gasteiger partial charge on any atom is -0.287 e. The van der Waals surface area contributed by atoms with Crippen LogP contribution in [0.1, 0.15) is 21.6 Å². The van der Waals surface area contributed by atoms with Crippen molar-refractivity contribution in [3.63, 3.8) is 0 Å². The van der Waals surface area contributed by atoms with E-state index in [1.54, 1.807) is 0 Å². The van der Waals surface area contributed by atoms with Gasteiger partial charge in [-0.2, -0.15) is 18.3 Å². The minimum atomic E-state index is -4.88. The standard InChI is InChI=1S/C19H10Cl2F3N5O3S/c20-9-5-15(29-33(31,32)10-1-2-14(21)13(6-10)19(22,23)24)16(26-7-9)17(30)11-3-4-25-18-12(11)8-27-28-18/h1-8,29H,(H,25,27,28). The van der Waals surface area contributed by atoms with Gasteiger partial charge in [0.15, 0.2) is 5.65 Å². The van der Waals surface area contributed by atoms with Gasteiger partial charge in [-0.1, -0.05) is 23.2 Å². The zero-order valence-electron chi connectivity index (χ0n) is 16.0. The Bertz CT molecular complexity index is 1510. The summed E-state index contributed by atoms with van der Waals surface area (Å²) in [6.07, 6.45) is -1.04. The average Bonchev–Trinajstić information content (AvgIpc) is 3.21. The number of H-pyrrole nitrogens is 1. The summed E-state index contributed by atoms with van der Waals surface area (Å²) in [5.74, 6) is -0.690. The molecule has 33 heavy (non-hydrogen) atoms. The van der Waals surface area contributed by atoms with Gasteiger partial charge in [0, 0.05) is 23.3 Å². The highest BCUT2D eigenvalue weighted by Crippen LogP contribution is 2.36. The van der Waals surface area contributed by atoms with Crippen LogP contribution in [-0.2, 0) is 16.2 Å². The van der Waals surface area contributed by atoms with Crippen molar-refractivity contribution in [2.24, 2.45) is 0 Å². The van der Waals surface area contributed by atoms with Gasteiger partial charge >= 0.3 is 6.18 Å². The summed E-state index contributed by atoms with van der Waals surface area (Å²) in [5, 5.41) is 6.10. The van der Waals surface area contributed by atoms with Gasteiger partial charge in [0.25, 0.3) is 10.0 Å². The van der Waals surface area contributed by atoms with Crippen LogP contribution >= 0.6 is 23.2 Å². The lowest BCUT2D eigenvalue weighted by molar-refractivity contribution is -0.137. The Morgan fingerprint density at radius 2 is 1.82 bits per heavy atom. The first-order chi connectivity index (χ1) is 15.5. The van der Waals surface area contributed by atoms with Crippen molar-refractivity contribution in [3.05, 3.63) is 75.8 Å². The fourth-order valence-electron chi connectivity index (χ4n) is 2.97. The van der Waals surface area contributed by atoms with Crippen molar-refractivity contribution < 1.29 is 26.4 Å². The van der Waals surface area contributed by atoms with E-state index in [0.717, 1.165) is 24.4 Å². The van der Waals surface area contributed by atoms with Gasteiger partial charge in [-0.15, -0.1) is 0 Å². The summed E-state index contributed by atoms with van der Waals surface area (Å²) in [6, 6.07) is 4.62. The number of nitrogens with one attached hydrogen (secondary N) is 2. The molecule has 0 bridgehead atoms. The maximum Gasteiger partial charge on any atom is 0.417 e. The molecule has 1 aromatic carbocycles. The number of carbonyl (C=O) groups is 1. The van der Waals surface area contributed by atoms with Crippen LogP contribution in [0.4, 0.5) is 18.9 Å². The van der Waals surface area contributed by atoms with Crippen LogP contribution in [0.3, 0.4) is 0 Å². The van der Waals surface area contributed by atoms with E-state index in [9.17, 15) is 26.4 Å². The molecule has 0 fully saturated rings. The van der Waals surface area contributed by atoms with Crippen molar-refractivity contribution in [1.82, 2.24) is 20.2 Å². The molecule has 0 aliphatic carbocycles. The van der Waals surface area contributed by atoms with E-state index in [0.29, 0.717) is 17.1 Å². The molecule has 4 rings (SSSR count). The highest BCUT2D eigenvalue weighted by molar-refractivity contribution is 7.92. The number of nitrogens with zero attached hydrogens (tertiary/aromatic N) is 3. The molecule has 0 atom stereocenters. The number of anilines is 1. The predicted molar refractivity (Wildman–Crippen MR) is 114 cm³/mol. The average molecular weight is 516 g/mol. The quantitative estimate of drug-likeness (QED) is 0.371. The molecule has 0 radical (unpaired) electrons. The van der Waals surface area contributed by atoms with Gasteiger partial charge < -0.3 is 0 Å². The second-order valence-corrected chi connectivity index (χ2v) is 9.14. The summed E-state index contributed by atoms with van der Waals surface area (Å²) in [7, 11) is -4.59. The van der Waals surface area contributed by atoms with Gasteiger partial charge in [-0.05, 0) is 30.3 Å². The van der Waals surface area contributed by atoms with Crippen LogP contribution in [0.15, 0.2) is 53.8 Å². The molecule has 14 heteroatoms. The molecule has 0 aliphatic heterocycles. The van der Waals surface area contributed by atoms with E-state index >= 15 is 0 Å². The Balaban J connectivity index is 1.78. The maximum absolute atomic E-state index is 13.2. The largest absolute Gasteiger partial charge is 0.417 e. The lowest BCUT2D eigenvalue weighted by Gasteiger charge is -2.14. The van der Waals surface area contributed by atoms with E-state index in [4.69, 9.17) is 23.2 Å². The van der Waals surface area contributed by atoms with Gasteiger partial charge in [0.2, 0.25) is 5.78 Å². The first-order valence-corrected chi connectivity index (χ1v) is 11.1. The van der Waals surface area contributed by atoms with Gasteiger partial charge in [-0.25, -0.2) is 18.4 Å². The molecule has 3 heterocycles. The molecule has 170 valence electrons. The Morgan fingerprint density at radius 3 is 2.55 bits per heavy atom.